The van der Waals surface area contributed by atoms with Crippen LogP contribution in [0.4, 0.5) is 13.2 Å². The summed E-state index contributed by atoms with van der Waals surface area (Å²) in [5.74, 6) is -3.83. The van der Waals surface area contributed by atoms with Gasteiger partial charge in [0.2, 0.25) is 0 Å². The molecule has 0 bridgehead atoms. The first-order valence-corrected chi connectivity index (χ1v) is 6.74. The summed E-state index contributed by atoms with van der Waals surface area (Å²) in [4.78, 5) is 23.9. The average molecular weight is 306 g/mol. The van der Waals surface area contributed by atoms with Crippen LogP contribution in [0.5, 0.6) is 0 Å². The Morgan fingerprint density at radius 3 is 2.62 bits per heavy atom. The van der Waals surface area contributed by atoms with Crippen molar-refractivity contribution in [3.63, 3.8) is 0 Å². The van der Waals surface area contributed by atoms with Gasteiger partial charge in [0, 0.05) is 0 Å². The van der Waals surface area contributed by atoms with Crippen LogP contribution < -0.4 is 0 Å². The number of carbonyl (C=O) groups excluding carboxylic acids is 2. The van der Waals surface area contributed by atoms with Crippen molar-refractivity contribution in [2.45, 2.75) is 51.5 Å². The Bertz CT molecular complexity index is 495. The van der Waals surface area contributed by atoms with Crippen LogP contribution >= 0.6 is 0 Å². The Labute approximate surface area is 120 Å². The van der Waals surface area contributed by atoms with Crippen molar-refractivity contribution in [3.05, 3.63) is 12.2 Å². The molecule has 1 fully saturated rings. The van der Waals surface area contributed by atoms with Gasteiger partial charge in [0.25, 0.3) is 0 Å². The molecular weight excluding hydrogens is 289 g/mol. The number of alkyl halides is 3. The molecule has 3 unspecified atom stereocenters. The zero-order valence-electron chi connectivity index (χ0n) is 12.0. The molecule has 0 amide bonds. The van der Waals surface area contributed by atoms with Crippen LogP contribution in [0, 0.1) is 11.3 Å². The fraction of sp³-hybridized carbons (Fsp3) is 0.714. The molecular formula is C14H17F3O4. The van der Waals surface area contributed by atoms with Crippen molar-refractivity contribution >= 4 is 11.9 Å². The number of allylic oxidation sites excluding steroid dienone is 1. The van der Waals surface area contributed by atoms with Gasteiger partial charge in [-0.2, -0.15) is 13.2 Å². The first kappa shape index (κ1) is 15.9. The van der Waals surface area contributed by atoms with Crippen molar-refractivity contribution in [1.82, 2.24) is 0 Å². The van der Waals surface area contributed by atoms with Crippen molar-refractivity contribution < 1.29 is 32.2 Å². The topological polar surface area (TPSA) is 52.6 Å². The van der Waals surface area contributed by atoms with Gasteiger partial charge in [0.05, 0.1) is 11.3 Å². The third kappa shape index (κ3) is 2.22. The maximum atomic E-state index is 13.6. The normalized spacial score (nSPS) is 32.0. The summed E-state index contributed by atoms with van der Waals surface area (Å²) in [5, 5.41) is 0. The zero-order chi connectivity index (χ0) is 16.1. The van der Waals surface area contributed by atoms with Crippen LogP contribution in [0.2, 0.25) is 0 Å². The molecule has 0 saturated carbocycles. The highest BCUT2D eigenvalue weighted by Gasteiger charge is 2.75. The molecule has 1 heterocycles. The van der Waals surface area contributed by atoms with Gasteiger partial charge >= 0.3 is 23.7 Å². The molecule has 2 rings (SSSR count). The van der Waals surface area contributed by atoms with Crippen LogP contribution in [0.15, 0.2) is 12.2 Å². The summed E-state index contributed by atoms with van der Waals surface area (Å²) >= 11 is 0. The second kappa shape index (κ2) is 4.74. The second-order valence-corrected chi connectivity index (χ2v) is 6.00. The van der Waals surface area contributed by atoms with Crippen LogP contribution in [0.25, 0.3) is 0 Å². The van der Waals surface area contributed by atoms with E-state index in [9.17, 15) is 22.8 Å². The molecule has 1 aliphatic heterocycles. The second-order valence-electron chi connectivity index (χ2n) is 6.00. The maximum Gasteiger partial charge on any atom is 0.440 e. The number of ether oxygens (including phenoxy) is 2. The molecule has 1 saturated heterocycles. The van der Waals surface area contributed by atoms with E-state index in [1.54, 1.807) is 6.92 Å². The minimum atomic E-state index is -5.02. The quantitative estimate of drug-likeness (QED) is 0.594. The van der Waals surface area contributed by atoms with Gasteiger partial charge in [0.1, 0.15) is 6.10 Å². The maximum absolute atomic E-state index is 13.6. The Kier molecular flexibility index (Phi) is 3.58. The van der Waals surface area contributed by atoms with E-state index in [-0.39, 0.29) is 6.42 Å². The van der Waals surface area contributed by atoms with Crippen LogP contribution in [-0.4, -0.2) is 29.8 Å². The fourth-order valence-corrected chi connectivity index (χ4v) is 2.44. The van der Waals surface area contributed by atoms with Gasteiger partial charge in [-0.3, -0.25) is 4.79 Å². The highest BCUT2D eigenvalue weighted by atomic mass is 19.4. The molecule has 7 heteroatoms. The first-order valence-electron chi connectivity index (χ1n) is 6.74. The lowest BCUT2D eigenvalue weighted by atomic mass is 9.84. The third-order valence-corrected chi connectivity index (χ3v) is 4.29. The third-order valence-electron chi connectivity index (χ3n) is 4.29. The molecule has 1 aliphatic carbocycles. The number of hydrogen-bond acceptors (Lipinski definition) is 4. The smallest absolute Gasteiger partial charge is 0.440 e. The lowest BCUT2D eigenvalue weighted by Gasteiger charge is -2.34. The van der Waals surface area contributed by atoms with Crippen LogP contribution in [-0.2, 0) is 19.1 Å². The van der Waals surface area contributed by atoms with Gasteiger partial charge in [-0.25, -0.2) is 4.79 Å². The molecule has 0 radical (unpaired) electrons. The van der Waals surface area contributed by atoms with E-state index in [4.69, 9.17) is 9.47 Å². The van der Waals surface area contributed by atoms with Crippen molar-refractivity contribution in [2.75, 3.05) is 0 Å². The van der Waals surface area contributed by atoms with E-state index in [2.05, 4.69) is 0 Å². The molecule has 0 spiro atoms. The van der Waals surface area contributed by atoms with E-state index in [0.29, 0.717) is 6.42 Å². The Hall–Kier alpha value is -1.53. The SMILES string of the molecule is CCC(C)(C)C(=O)OC1(C(F)(F)F)C(=O)OC2C=CCC21. The molecule has 118 valence electrons. The van der Waals surface area contributed by atoms with Crippen molar-refractivity contribution in [1.29, 1.82) is 0 Å². The molecule has 0 aromatic rings. The minimum absolute atomic E-state index is 0.0181. The molecule has 0 aromatic heterocycles. The summed E-state index contributed by atoms with van der Waals surface area (Å²) < 4.78 is 50.2. The molecule has 3 atom stereocenters. The largest absolute Gasteiger partial charge is 0.454 e. The Morgan fingerprint density at radius 2 is 2.10 bits per heavy atom. The van der Waals surface area contributed by atoms with E-state index >= 15 is 0 Å². The molecule has 2 aliphatic rings. The van der Waals surface area contributed by atoms with Gasteiger partial charge in [-0.15, -0.1) is 0 Å². The minimum Gasteiger partial charge on any atom is -0.454 e. The molecule has 0 aromatic carbocycles. The summed E-state index contributed by atoms with van der Waals surface area (Å²) in [5.41, 5.74) is -4.31. The van der Waals surface area contributed by atoms with Gasteiger partial charge < -0.3 is 9.47 Å². The molecule has 4 nitrogen and oxygen atoms in total. The average Bonchev–Trinajstić information content (AvgIpc) is 2.90. The zero-order valence-corrected chi connectivity index (χ0v) is 12.0. The molecule has 0 N–H and O–H groups in total. The highest BCUT2D eigenvalue weighted by molar-refractivity contribution is 5.88. The first-order chi connectivity index (χ1) is 9.56. The summed E-state index contributed by atoms with van der Waals surface area (Å²) in [6.07, 6.45) is -2.83. The predicted molar refractivity (Wildman–Crippen MR) is 66.1 cm³/mol. The number of carbonyl (C=O) groups is 2. The van der Waals surface area contributed by atoms with Gasteiger partial charge in [-0.1, -0.05) is 13.0 Å². The summed E-state index contributed by atoms with van der Waals surface area (Å²) in [7, 11) is 0. The van der Waals surface area contributed by atoms with Gasteiger partial charge in [-0.05, 0) is 32.8 Å². The lowest BCUT2D eigenvalue weighted by Crippen LogP contribution is -2.58. The van der Waals surface area contributed by atoms with Gasteiger partial charge in [0.15, 0.2) is 0 Å². The van der Waals surface area contributed by atoms with Crippen LogP contribution in [0.1, 0.15) is 33.6 Å². The van der Waals surface area contributed by atoms with Crippen LogP contribution in [0.3, 0.4) is 0 Å². The lowest BCUT2D eigenvalue weighted by molar-refractivity contribution is -0.274. The highest BCUT2D eigenvalue weighted by Crippen LogP contribution is 2.51. The standard InChI is InChI=1S/C14H17F3O4/c1-4-12(2,3)10(18)21-13(14(15,16)17)8-6-5-7-9(8)20-11(13)19/h5,7-9H,4,6H2,1-3H3. The fourth-order valence-electron chi connectivity index (χ4n) is 2.44. The summed E-state index contributed by atoms with van der Waals surface area (Å²) in [6.45, 7) is 4.61. The number of rotatable bonds is 3. The molecule has 21 heavy (non-hydrogen) atoms. The number of hydrogen-bond donors (Lipinski definition) is 0. The summed E-state index contributed by atoms with van der Waals surface area (Å²) in [6, 6.07) is 0. The van der Waals surface area contributed by atoms with E-state index < -0.39 is 41.2 Å². The van der Waals surface area contributed by atoms with Crippen molar-refractivity contribution in [3.8, 4) is 0 Å². The van der Waals surface area contributed by atoms with E-state index in [0.717, 1.165) is 0 Å². The monoisotopic (exact) mass is 306 g/mol. The predicted octanol–water partition coefficient (Wildman–Crippen LogP) is 2.77. The number of fused-ring (bicyclic) bond motifs is 1. The van der Waals surface area contributed by atoms with E-state index in [1.165, 1.54) is 26.0 Å². The number of halogens is 3. The Morgan fingerprint density at radius 1 is 1.48 bits per heavy atom. The Balaban J connectivity index is 2.41. The van der Waals surface area contributed by atoms with Crippen molar-refractivity contribution in [2.24, 2.45) is 11.3 Å². The number of esters is 2. The van der Waals surface area contributed by atoms with E-state index in [1.807, 2.05) is 0 Å².